The molecule has 0 saturated heterocycles. The van der Waals surface area contributed by atoms with E-state index in [2.05, 4.69) is 26.2 Å². The van der Waals surface area contributed by atoms with E-state index in [1.54, 1.807) is 7.11 Å². The van der Waals surface area contributed by atoms with Gasteiger partial charge in [-0.3, -0.25) is 0 Å². The summed E-state index contributed by atoms with van der Waals surface area (Å²) in [6.07, 6.45) is 0. The van der Waals surface area contributed by atoms with Crippen molar-refractivity contribution in [2.45, 2.75) is 13.5 Å². The van der Waals surface area contributed by atoms with Gasteiger partial charge >= 0.3 is 0 Å². The first kappa shape index (κ1) is 15.4. The smallest absolute Gasteiger partial charge is 0.193 e. The van der Waals surface area contributed by atoms with Crippen LogP contribution in [0.3, 0.4) is 0 Å². The van der Waals surface area contributed by atoms with Crippen molar-refractivity contribution in [2.75, 3.05) is 12.4 Å². The number of methoxy groups -OCH3 is 1. The van der Waals surface area contributed by atoms with E-state index in [1.165, 1.54) is 5.56 Å². The quantitative estimate of drug-likeness (QED) is 0.654. The van der Waals surface area contributed by atoms with Gasteiger partial charge in [0.1, 0.15) is 5.75 Å². The summed E-state index contributed by atoms with van der Waals surface area (Å²) in [5.74, 6) is 1.19. The Morgan fingerprint density at radius 2 is 1.95 bits per heavy atom. The molecule has 110 valence electrons. The molecule has 21 heavy (non-hydrogen) atoms. The lowest BCUT2D eigenvalue weighted by atomic mass is 10.2. The van der Waals surface area contributed by atoms with Crippen molar-refractivity contribution in [1.29, 1.82) is 0 Å². The maximum atomic E-state index is 5.89. The van der Waals surface area contributed by atoms with E-state index >= 15 is 0 Å². The van der Waals surface area contributed by atoms with Crippen molar-refractivity contribution >= 4 is 27.6 Å². The van der Waals surface area contributed by atoms with Crippen LogP contribution in [0.1, 0.15) is 11.1 Å². The SMILES string of the molecule is COc1ccc(CN=C(N)Nc2ccc(C)cc2)cc1Br. The minimum atomic E-state index is 0.394. The van der Waals surface area contributed by atoms with Gasteiger partial charge in [-0.15, -0.1) is 0 Å². The number of halogens is 1. The van der Waals surface area contributed by atoms with Crippen molar-refractivity contribution in [3.8, 4) is 5.75 Å². The van der Waals surface area contributed by atoms with E-state index in [1.807, 2.05) is 49.4 Å². The minimum absolute atomic E-state index is 0.394. The molecule has 0 aromatic heterocycles. The number of guanidine groups is 1. The van der Waals surface area contributed by atoms with Crippen LogP contribution in [0.25, 0.3) is 0 Å². The summed E-state index contributed by atoms with van der Waals surface area (Å²) in [6, 6.07) is 13.8. The van der Waals surface area contributed by atoms with Crippen LogP contribution in [-0.2, 0) is 6.54 Å². The zero-order chi connectivity index (χ0) is 15.2. The van der Waals surface area contributed by atoms with Gasteiger partial charge in [-0.05, 0) is 52.7 Å². The van der Waals surface area contributed by atoms with Crippen LogP contribution in [0, 0.1) is 6.92 Å². The van der Waals surface area contributed by atoms with Gasteiger partial charge in [0.25, 0.3) is 0 Å². The molecule has 0 heterocycles. The lowest BCUT2D eigenvalue weighted by molar-refractivity contribution is 0.412. The number of hydrogen-bond donors (Lipinski definition) is 2. The van der Waals surface area contributed by atoms with Crippen LogP contribution in [0.2, 0.25) is 0 Å². The third-order valence-electron chi connectivity index (χ3n) is 2.97. The first-order valence-corrected chi connectivity index (χ1v) is 7.34. The minimum Gasteiger partial charge on any atom is -0.496 e. The molecule has 0 atom stereocenters. The summed E-state index contributed by atoms with van der Waals surface area (Å²) in [6.45, 7) is 2.55. The fourth-order valence-electron chi connectivity index (χ4n) is 1.81. The predicted octanol–water partition coefficient (Wildman–Crippen LogP) is 3.69. The Kier molecular flexibility index (Phi) is 5.22. The van der Waals surface area contributed by atoms with Crippen LogP contribution in [0.15, 0.2) is 51.9 Å². The number of nitrogens with two attached hydrogens (primary N) is 1. The fraction of sp³-hybridized carbons (Fsp3) is 0.188. The van der Waals surface area contributed by atoms with Crippen molar-refractivity contribution in [2.24, 2.45) is 10.7 Å². The van der Waals surface area contributed by atoms with Gasteiger partial charge < -0.3 is 15.8 Å². The monoisotopic (exact) mass is 347 g/mol. The van der Waals surface area contributed by atoms with Gasteiger partial charge in [-0.25, -0.2) is 4.99 Å². The Hall–Kier alpha value is -2.01. The number of rotatable bonds is 4. The van der Waals surface area contributed by atoms with Gasteiger partial charge in [-0.1, -0.05) is 23.8 Å². The largest absolute Gasteiger partial charge is 0.496 e. The van der Waals surface area contributed by atoms with E-state index in [0.717, 1.165) is 21.5 Å². The molecule has 5 heteroatoms. The normalized spacial score (nSPS) is 11.3. The summed E-state index contributed by atoms with van der Waals surface area (Å²) in [5.41, 5.74) is 9.08. The summed E-state index contributed by atoms with van der Waals surface area (Å²) in [7, 11) is 1.64. The van der Waals surface area contributed by atoms with Gasteiger partial charge in [-0.2, -0.15) is 0 Å². The highest BCUT2D eigenvalue weighted by molar-refractivity contribution is 9.10. The summed E-state index contributed by atoms with van der Waals surface area (Å²) < 4.78 is 6.10. The van der Waals surface area contributed by atoms with Crippen molar-refractivity contribution in [3.05, 3.63) is 58.1 Å². The molecule has 0 radical (unpaired) electrons. The van der Waals surface area contributed by atoms with Crippen LogP contribution in [-0.4, -0.2) is 13.1 Å². The Morgan fingerprint density at radius 3 is 2.57 bits per heavy atom. The Bertz CT molecular complexity index is 638. The lowest BCUT2D eigenvalue weighted by Gasteiger charge is -2.07. The third kappa shape index (κ3) is 4.49. The van der Waals surface area contributed by atoms with Crippen LogP contribution in [0.4, 0.5) is 5.69 Å². The molecule has 3 N–H and O–H groups in total. The van der Waals surface area contributed by atoms with E-state index in [9.17, 15) is 0 Å². The molecular weight excluding hydrogens is 330 g/mol. The first-order valence-electron chi connectivity index (χ1n) is 6.54. The van der Waals surface area contributed by atoms with Gasteiger partial charge in [0.2, 0.25) is 0 Å². The number of aryl methyl sites for hydroxylation is 1. The Morgan fingerprint density at radius 1 is 1.24 bits per heavy atom. The topological polar surface area (TPSA) is 59.6 Å². The Labute approximate surface area is 133 Å². The zero-order valence-electron chi connectivity index (χ0n) is 12.1. The van der Waals surface area contributed by atoms with E-state index < -0.39 is 0 Å². The average molecular weight is 348 g/mol. The highest BCUT2D eigenvalue weighted by atomic mass is 79.9. The van der Waals surface area contributed by atoms with E-state index in [-0.39, 0.29) is 0 Å². The molecule has 2 aromatic carbocycles. The average Bonchev–Trinajstić information content (AvgIpc) is 2.48. The number of hydrogen-bond acceptors (Lipinski definition) is 2. The van der Waals surface area contributed by atoms with Gasteiger partial charge in [0, 0.05) is 5.69 Å². The molecule has 0 aliphatic heterocycles. The molecule has 0 fully saturated rings. The first-order chi connectivity index (χ1) is 10.1. The van der Waals surface area contributed by atoms with Crippen molar-refractivity contribution in [1.82, 2.24) is 0 Å². The lowest BCUT2D eigenvalue weighted by Crippen LogP contribution is -2.22. The highest BCUT2D eigenvalue weighted by Crippen LogP contribution is 2.25. The number of nitrogens with one attached hydrogen (secondary N) is 1. The van der Waals surface area contributed by atoms with E-state index in [0.29, 0.717) is 12.5 Å². The number of anilines is 1. The molecule has 0 unspecified atom stereocenters. The van der Waals surface area contributed by atoms with E-state index in [4.69, 9.17) is 10.5 Å². The van der Waals surface area contributed by atoms with Gasteiger partial charge in [0.15, 0.2) is 5.96 Å². The van der Waals surface area contributed by atoms with Crippen LogP contribution in [0.5, 0.6) is 5.75 Å². The third-order valence-corrected chi connectivity index (χ3v) is 3.59. The molecule has 0 amide bonds. The second kappa shape index (κ2) is 7.13. The molecule has 0 bridgehead atoms. The number of aliphatic imine (C=N–C) groups is 1. The number of nitrogens with zero attached hydrogens (tertiary/aromatic N) is 1. The molecule has 0 spiro atoms. The second-order valence-electron chi connectivity index (χ2n) is 4.66. The Balaban J connectivity index is 1.99. The molecule has 4 nitrogen and oxygen atoms in total. The molecule has 2 rings (SSSR count). The standard InChI is InChI=1S/C16H18BrN3O/c1-11-3-6-13(7-4-11)20-16(18)19-10-12-5-8-15(21-2)14(17)9-12/h3-9H,10H2,1-2H3,(H3,18,19,20). The fourth-order valence-corrected chi connectivity index (χ4v) is 2.40. The maximum absolute atomic E-state index is 5.89. The highest BCUT2D eigenvalue weighted by Gasteiger charge is 2.01. The van der Waals surface area contributed by atoms with Crippen molar-refractivity contribution in [3.63, 3.8) is 0 Å². The predicted molar refractivity (Wildman–Crippen MR) is 90.8 cm³/mol. The molecule has 2 aromatic rings. The van der Waals surface area contributed by atoms with Crippen LogP contribution < -0.4 is 15.8 Å². The van der Waals surface area contributed by atoms with Gasteiger partial charge in [0.05, 0.1) is 18.1 Å². The number of ether oxygens (including phenoxy) is 1. The second-order valence-corrected chi connectivity index (χ2v) is 5.52. The molecule has 0 saturated carbocycles. The maximum Gasteiger partial charge on any atom is 0.193 e. The molecule has 0 aliphatic rings. The molecular formula is C16H18BrN3O. The van der Waals surface area contributed by atoms with Crippen LogP contribution >= 0.6 is 15.9 Å². The molecule has 0 aliphatic carbocycles. The summed E-state index contributed by atoms with van der Waals surface area (Å²) in [4.78, 5) is 4.33. The summed E-state index contributed by atoms with van der Waals surface area (Å²) >= 11 is 3.45. The van der Waals surface area contributed by atoms with Crippen molar-refractivity contribution < 1.29 is 4.74 Å². The summed E-state index contributed by atoms with van der Waals surface area (Å²) in [5, 5.41) is 3.07. The zero-order valence-corrected chi connectivity index (χ0v) is 13.6. The number of benzene rings is 2.